The van der Waals surface area contributed by atoms with Crippen molar-refractivity contribution >= 4 is 23.2 Å². The maximum absolute atomic E-state index is 7.00. The van der Waals surface area contributed by atoms with Crippen LogP contribution in [0.2, 0.25) is 0 Å². The van der Waals surface area contributed by atoms with E-state index in [1.165, 1.54) is 0 Å². The van der Waals surface area contributed by atoms with Gasteiger partial charge in [-0.1, -0.05) is 33.6 Å². The van der Waals surface area contributed by atoms with Crippen LogP contribution in [0.4, 0.5) is 0 Å². The van der Waals surface area contributed by atoms with E-state index in [2.05, 4.69) is 31.4 Å². The molecule has 18 heavy (non-hydrogen) atoms. The summed E-state index contributed by atoms with van der Waals surface area (Å²) in [6, 6.07) is 0.236. The summed E-state index contributed by atoms with van der Waals surface area (Å²) >= 11 is 13.9. The molecule has 0 radical (unpaired) electrons. The van der Waals surface area contributed by atoms with Gasteiger partial charge in [-0.05, 0) is 38.8 Å². The van der Waals surface area contributed by atoms with Crippen molar-refractivity contribution in [2.45, 2.75) is 68.8 Å². The summed E-state index contributed by atoms with van der Waals surface area (Å²) < 4.78 is 0. The smallest absolute Gasteiger partial charge is 0.115 e. The molecule has 0 saturated heterocycles. The molecule has 1 aliphatic carbocycles. The zero-order chi connectivity index (χ0) is 14.0. The van der Waals surface area contributed by atoms with Gasteiger partial charge in [-0.2, -0.15) is 0 Å². The second-order valence-electron chi connectivity index (χ2n) is 6.40. The van der Waals surface area contributed by atoms with Crippen molar-refractivity contribution in [3.8, 4) is 0 Å². The molecular formula is C14H28Cl2N2. The number of unbranched alkanes of at least 4 members (excludes halogenated alkanes) is 1. The Kier molecular flexibility index (Phi) is 5.39. The average molecular weight is 295 g/mol. The first-order valence-electron chi connectivity index (χ1n) is 6.98. The molecule has 0 spiro atoms. The predicted octanol–water partition coefficient (Wildman–Crippen LogP) is 3.72. The Morgan fingerprint density at radius 2 is 1.83 bits per heavy atom. The highest BCUT2D eigenvalue weighted by molar-refractivity contribution is 6.35. The van der Waals surface area contributed by atoms with E-state index < -0.39 is 9.87 Å². The summed E-state index contributed by atoms with van der Waals surface area (Å²) in [5, 5.41) is 6.69. The van der Waals surface area contributed by atoms with Gasteiger partial charge in [0.15, 0.2) is 0 Å². The van der Waals surface area contributed by atoms with Crippen molar-refractivity contribution in [2.24, 2.45) is 5.41 Å². The molecule has 1 saturated carbocycles. The molecule has 108 valence electrons. The van der Waals surface area contributed by atoms with Crippen molar-refractivity contribution in [1.82, 2.24) is 10.6 Å². The van der Waals surface area contributed by atoms with Gasteiger partial charge in [-0.15, -0.1) is 23.2 Å². The molecule has 4 heteroatoms. The van der Waals surface area contributed by atoms with Gasteiger partial charge < -0.3 is 10.6 Å². The highest BCUT2D eigenvalue weighted by Gasteiger charge is 2.58. The number of hydrogen-bond acceptors (Lipinski definition) is 2. The Hall–Kier alpha value is 0.500. The summed E-state index contributed by atoms with van der Waals surface area (Å²) in [6.07, 6.45) is 5.15. The van der Waals surface area contributed by atoms with Crippen molar-refractivity contribution in [2.75, 3.05) is 14.1 Å². The fraction of sp³-hybridized carbons (Fsp3) is 1.00. The van der Waals surface area contributed by atoms with E-state index in [0.717, 1.165) is 32.1 Å². The highest BCUT2D eigenvalue weighted by atomic mass is 35.5. The van der Waals surface area contributed by atoms with Gasteiger partial charge in [0.05, 0.1) is 4.87 Å². The largest absolute Gasteiger partial charge is 0.315 e. The van der Waals surface area contributed by atoms with E-state index in [4.69, 9.17) is 23.2 Å². The molecule has 0 aromatic rings. The molecular weight excluding hydrogens is 267 g/mol. The van der Waals surface area contributed by atoms with Gasteiger partial charge >= 0.3 is 0 Å². The van der Waals surface area contributed by atoms with Crippen LogP contribution in [0.3, 0.4) is 0 Å². The first-order chi connectivity index (χ1) is 8.24. The van der Waals surface area contributed by atoms with Crippen LogP contribution in [0.15, 0.2) is 0 Å². The molecule has 0 aromatic heterocycles. The van der Waals surface area contributed by atoms with Gasteiger partial charge in [0.1, 0.15) is 5.00 Å². The van der Waals surface area contributed by atoms with Gasteiger partial charge in [0.2, 0.25) is 0 Å². The molecule has 0 aromatic carbocycles. The fourth-order valence-corrected chi connectivity index (χ4v) is 4.37. The Morgan fingerprint density at radius 1 is 1.22 bits per heavy atom. The Morgan fingerprint density at radius 3 is 2.28 bits per heavy atom. The van der Waals surface area contributed by atoms with Crippen molar-refractivity contribution in [3.05, 3.63) is 0 Å². The van der Waals surface area contributed by atoms with E-state index in [1.807, 2.05) is 14.1 Å². The van der Waals surface area contributed by atoms with Crippen molar-refractivity contribution in [1.29, 1.82) is 0 Å². The van der Waals surface area contributed by atoms with E-state index in [1.54, 1.807) is 0 Å². The third kappa shape index (κ3) is 2.98. The standard InChI is InChI=1S/C14H28Cl2N2/c1-6-7-8-13(15)11(17-4)9-12(2,3)10-14(13,16)18-5/h11,17-18H,6-10H2,1-5H3. The topological polar surface area (TPSA) is 24.1 Å². The summed E-state index contributed by atoms with van der Waals surface area (Å²) in [6.45, 7) is 6.72. The summed E-state index contributed by atoms with van der Waals surface area (Å²) in [5.41, 5.74) is 0.197. The van der Waals surface area contributed by atoms with Crippen LogP contribution in [0.5, 0.6) is 0 Å². The first kappa shape index (κ1) is 16.6. The maximum atomic E-state index is 7.00. The Bertz CT molecular complexity index is 283. The highest BCUT2D eigenvalue weighted by Crippen LogP contribution is 2.53. The molecule has 0 heterocycles. The van der Waals surface area contributed by atoms with Crippen LogP contribution in [0, 0.1) is 5.41 Å². The quantitative estimate of drug-likeness (QED) is 0.597. The van der Waals surface area contributed by atoms with Crippen molar-refractivity contribution in [3.63, 3.8) is 0 Å². The minimum atomic E-state index is -0.543. The number of halogens is 2. The van der Waals surface area contributed by atoms with Crippen LogP contribution < -0.4 is 10.6 Å². The zero-order valence-corrected chi connectivity index (χ0v) is 13.9. The summed E-state index contributed by atoms with van der Waals surface area (Å²) in [5.74, 6) is 0. The molecule has 0 amide bonds. The van der Waals surface area contributed by atoms with Crippen LogP contribution in [-0.2, 0) is 0 Å². The average Bonchev–Trinajstić information content (AvgIpc) is 2.30. The lowest BCUT2D eigenvalue weighted by molar-refractivity contribution is 0.0957. The van der Waals surface area contributed by atoms with Crippen LogP contribution in [0.1, 0.15) is 52.9 Å². The Balaban J connectivity index is 3.07. The van der Waals surface area contributed by atoms with Crippen molar-refractivity contribution < 1.29 is 0 Å². The minimum absolute atomic E-state index is 0.197. The van der Waals surface area contributed by atoms with E-state index >= 15 is 0 Å². The fourth-order valence-electron chi connectivity index (χ4n) is 3.30. The van der Waals surface area contributed by atoms with Gasteiger partial charge in [-0.25, -0.2) is 0 Å². The maximum Gasteiger partial charge on any atom is 0.115 e. The normalized spacial score (nSPS) is 39.8. The predicted molar refractivity (Wildman–Crippen MR) is 81.6 cm³/mol. The molecule has 1 aliphatic rings. The summed E-state index contributed by atoms with van der Waals surface area (Å²) in [4.78, 5) is -0.970. The number of rotatable bonds is 5. The minimum Gasteiger partial charge on any atom is -0.315 e. The molecule has 3 atom stereocenters. The van der Waals surface area contributed by atoms with Gasteiger partial charge in [0, 0.05) is 6.04 Å². The Labute approximate surface area is 122 Å². The molecule has 2 N–H and O–H groups in total. The second-order valence-corrected chi connectivity index (χ2v) is 7.72. The zero-order valence-electron chi connectivity index (χ0n) is 12.4. The molecule has 0 aliphatic heterocycles. The number of nitrogens with one attached hydrogen (secondary N) is 2. The van der Waals surface area contributed by atoms with E-state index in [0.29, 0.717) is 0 Å². The molecule has 2 nitrogen and oxygen atoms in total. The number of alkyl halides is 2. The van der Waals surface area contributed by atoms with Crippen LogP contribution in [0.25, 0.3) is 0 Å². The lowest BCUT2D eigenvalue weighted by Gasteiger charge is -2.56. The van der Waals surface area contributed by atoms with Crippen LogP contribution in [-0.4, -0.2) is 30.0 Å². The third-order valence-electron chi connectivity index (χ3n) is 4.33. The molecule has 1 fully saturated rings. The van der Waals surface area contributed by atoms with Crippen LogP contribution >= 0.6 is 23.2 Å². The molecule has 1 rings (SSSR count). The summed E-state index contributed by atoms with van der Waals surface area (Å²) in [7, 11) is 3.91. The molecule has 0 bridgehead atoms. The third-order valence-corrected chi connectivity index (χ3v) is 5.86. The van der Waals surface area contributed by atoms with E-state index in [9.17, 15) is 0 Å². The number of hydrogen-bond donors (Lipinski definition) is 2. The SMILES string of the molecule is CCCCC1(Cl)C(NC)CC(C)(C)CC1(Cl)NC. The van der Waals surface area contributed by atoms with Gasteiger partial charge in [0.25, 0.3) is 0 Å². The first-order valence-corrected chi connectivity index (χ1v) is 7.74. The van der Waals surface area contributed by atoms with E-state index in [-0.39, 0.29) is 11.5 Å². The molecule has 3 unspecified atom stereocenters. The monoisotopic (exact) mass is 294 g/mol. The second kappa shape index (κ2) is 5.87. The van der Waals surface area contributed by atoms with Gasteiger partial charge in [-0.3, -0.25) is 0 Å². The lowest BCUT2D eigenvalue weighted by Crippen LogP contribution is -2.68. The lowest BCUT2D eigenvalue weighted by atomic mass is 9.65.